The van der Waals surface area contributed by atoms with Crippen molar-refractivity contribution in [2.45, 2.75) is 94.0 Å². The summed E-state index contributed by atoms with van der Waals surface area (Å²) in [5.74, 6) is -1.69. The van der Waals surface area contributed by atoms with E-state index in [1.165, 1.54) is 16.7 Å². The molecule has 0 spiro atoms. The normalized spacial score (nSPS) is 22.7. The first kappa shape index (κ1) is 40.1. The van der Waals surface area contributed by atoms with E-state index in [1.807, 2.05) is 4.90 Å². The zero-order chi connectivity index (χ0) is 41.1. The molecule has 0 bridgehead atoms. The van der Waals surface area contributed by atoms with E-state index in [1.54, 1.807) is 54.7 Å². The van der Waals surface area contributed by atoms with Crippen LogP contribution in [0.25, 0.3) is 16.9 Å². The molecule has 5 N–H and O–H groups in total. The lowest BCUT2D eigenvalue weighted by atomic mass is 9.86. The summed E-state index contributed by atoms with van der Waals surface area (Å²) in [7, 11) is 0. The number of anilines is 3. The fraction of sp³-hybridized carbons (Fsp3) is 0.442. The molecule has 59 heavy (non-hydrogen) atoms. The minimum absolute atomic E-state index is 0.0197. The number of aromatic nitrogens is 3. The molecule has 2 aromatic heterocycles. The largest absolute Gasteiger partial charge is 0.380 e. The molecular formula is C43H49F2N9O5. The van der Waals surface area contributed by atoms with Gasteiger partial charge in [-0.2, -0.15) is 0 Å². The molecule has 4 aromatic rings. The molecule has 5 heterocycles. The van der Waals surface area contributed by atoms with Gasteiger partial charge in [0.2, 0.25) is 17.8 Å². The number of hydrogen-bond acceptors (Lipinski definition) is 11. The molecule has 3 amide bonds. The third-order valence-electron chi connectivity index (χ3n) is 12.3. The fourth-order valence-electron chi connectivity index (χ4n) is 8.81. The van der Waals surface area contributed by atoms with Crippen molar-refractivity contribution in [1.29, 1.82) is 0 Å². The summed E-state index contributed by atoms with van der Waals surface area (Å²) in [6.45, 7) is 2.52. The number of aliphatic hydroxyl groups is 1. The van der Waals surface area contributed by atoms with Crippen LogP contribution in [0.4, 0.5) is 26.1 Å². The second-order valence-electron chi connectivity index (χ2n) is 16.1. The Morgan fingerprint density at radius 2 is 1.59 bits per heavy atom. The average molecular weight is 810 g/mol. The van der Waals surface area contributed by atoms with Crippen LogP contribution in [0.5, 0.6) is 0 Å². The molecular weight excluding hydrogens is 761 g/mol. The summed E-state index contributed by atoms with van der Waals surface area (Å²) >= 11 is 0. The number of nitrogens with zero attached hydrogens (tertiary/aromatic N) is 5. The maximum Gasteiger partial charge on any atom is 0.255 e. The lowest BCUT2D eigenvalue weighted by Crippen LogP contribution is -2.58. The Hall–Kier alpha value is -5.74. The Morgan fingerprint density at radius 3 is 2.32 bits per heavy atom. The van der Waals surface area contributed by atoms with Crippen LogP contribution >= 0.6 is 0 Å². The first-order valence-corrected chi connectivity index (χ1v) is 20.5. The van der Waals surface area contributed by atoms with Crippen molar-refractivity contribution in [2.75, 3.05) is 41.7 Å². The SMILES string of the molecule is O=C1CC[C@H](Nc2ccc(N3CCC(N4CCC(O)(C(=O)NC5CCC(Nc6ncc(F)c(-c7cccc(-n8ccccc8=O)c7)n6)CC5)CC4)CC3)c(F)c2)C(=O)N1. The maximum absolute atomic E-state index is 15.2. The minimum atomic E-state index is -1.44. The predicted molar refractivity (Wildman–Crippen MR) is 218 cm³/mol. The van der Waals surface area contributed by atoms with E-state index >= 15 is 4.39 Å². The van der Waals surface area contributed by atoms with Crippen molar-refractivity contribution in [1.82, 2.24) is 30.1 Å². The van der Waals surface area contributed by atoms with Crippen LogP contribution in [0.2, 0.25) is 0 Å². The van der Waals surface area contributed by atoms with Crippen LogP contribution < -0.4 is 31.7 Å². The van der Waals surface area contributed by atoms with Gasteiger partial charge >= 0.3 is 0 Å². The average Bonchev–Trinajstić information content (AvgIpc) is 3.24. The molecule has 4 fully saturated rings. The van der Waals surface area contributed by atoms with Gasteiger partial charge in [0.1, 0.15) is 23.2 Å². The summed E-state index contributed by atoms with van der Waals surface area (Å²) in [5.41, 5.74) is 0.586. The van der Waals surface area contributed by atoms with Crippen molar-refractivity contribution >= 4 is 35.0 Å². The first-order chi connectivity index (χ1) is 28.5. The van der Waals surface area contributed by atoms with E-state index in [2.05, 4.69) is 36.1 Å². The molecule has 0 radical (unpaired) electrons. The molecule has 8 rings (SSSR count). The monoisotopic (exact) mass is 809 g/mol. The second-order valence-corrected chi connectivity index (χ2v) is 16.1. The van der Waals surface area contributed by atoms with Gasteiger partial charge in [0.05, 0.1) is 11.9 Å². The minimum Gasteiger partial charge on any atom is -0.380 e. The number of carbonyl (C=O) groups is 3. The quantitative estimate of drug-likeness (QED) is 0.146. The number of carbonyl (C=O) groups excluding carboxylic acids is 3. The fourth-order valence-corrected chi connectivity index (χ4v) is 8.81. The lowest BCUT2D eigenvalue weighted by Gasteiger charge is -2.44. The van der Waals surface area contributed by atoms with E-state index in [9.17, 15) is 28.7 Å². The second kappa shape index (κ2) is 17.2. The van der Waals surface area contributed by atoms with Crippen molar-refractivity contribution in [3.8, 4) is 16.9 Å². The van der Waals surface area contributed by atoms with E-state index < -0.39 is 23.4 Å². The smallest absolute Gasteiger partial charge is 0.255 e. The molecule has 3 saturated heterocycles. The third-order valence-corrected chi connectivity index (χ3v) is 12.3. The Bertz CT molecular complexity index is 2250. The molecule has 1 atom stereocenters. The zero-order valence-corrected chi connectivity index (χ0v) is 32.7. The van der Waals surface area contributed by atoms with Gasteiger partial charge in [-0.3, -0.25) is 29.1 Å². The number of likely N-dealkylation sites (tertiary alicyclic amines) is 1. The van der Waals surface area contributed by atoms with Crippen LogP contribution in [-0.4, -0.2) is 98.2 Å². The number of halogens is 2. The number of imide groups is 1. The summed E-state index contributed by atoms with van der Waals surface area (Å²) in [4.78, 5) is 62.4. The van der Waals surface area contributed by atoms with Crippen molar-refractivity contribution in [2.24, 2.45) is 0 Å². The van der Waals surface area contributed by atoms with Gasteiger partial charge in [-0.1, -0.05) is 18.2 Å². The highest BCUT2D eigenvalue weighted by Crippen LogP contribution is 2.32. The van der Waals surface area contributed by atoms with Gasteiger partial charge < -0.3 is 30.9 Å². The van der Waals surface area contributed by atoms with Crippen molar-refractivity contribution in [3.63, 3.8) is 0 Å². The number of hydrogen-bond donors (Lipinski definition) is 5. The van der Waals surface area contributed by atoms with E-state index in [0.717, 1.165) is 31.9 Å². The highest BCUT2D eigenvalue weighted by atomic mass is 19.1. The van der Waals surface area contributed by atoms with Gasteiger partial charge in [-0.15, -0.1) is 0 Å². The van der Waals surface area contributed by atoms with Gasteiger partial charge in [0, 0.05) is 79.9 Å². The number of rotatable bonds is 10. The van der Waals surface area contributed by atoms with Gasteiger partial charge in [0.15, 0.2) is 5.82 Å². The molecule has 16 heteroatoms. The summed E-state index contributed by atoms with van der Waals surface area (Å²) in [6, 6.07) is 16.3. The predicted octanol–water partition coefficient (Wildman–Crippen LogP) is 4.13. The van der Waals surface area contributed by atoms with Crippen molar-refractivity contribution < 1.29 is 28.3 Å². The standard InChI is InChI=1S/C43H49F2N9O5/c44-33-25-30(47-35-12-14-37(55)50-40(35)57)11-13-36(33)53-20-15-31(16-21-53)52-22-17-43(59,18-23-52)41(58)48-28-7-9-29(10-8-28)49-42-46-26-34(45)39(51-42)27-4-3-5-32(24-27)54-19-2-1-6-38(54)56/h1-6,11,13,19,24-26,28-29,31,35,47,59H,7-10,12,14-18,20-23H2,(H,48,58)(H,46,49,51)(H,50,55,57)/t28?,29?,35-/m0/s1. The molecule has 3 aliphatic heterocycles. The summed E-state index contributed by atoms with van der Waals surface area (Å²) < 4.78 is 31.7. The van der Waals surface area contributed by atoms with Crippen LogP contribution in [-0.2, 0) is 14.4 Å². The highest BCUT2D eigenvalue weighted by molar-refractivity contribution is 6.01. The molecule has 0 unspecified atom stereocenters. The number of benzene rings is 2. The highest BCUT2D eigenvalue weighted by Gasteiger charge is 2.42. The van der Waals surface area contributed by atoms with Gasteiger partial charge in [-0.05, 0) is 94.2 Å². The zero-order valence-electron chi connectivity index (χ0n) is 32.7. The number of piperidine rings is 3. The lowest BCUT2D eigenvalue weighted by molar-refractivity contribution is -0.146. The van der Waals surface area contributed by atoms with Crippen LogP contribution in [0.3, 0.4) is 0 Å². The summed E-state index contributed by atoms with van der Waals surface area (Å²) in [5, 5.41) is 23.2. The van der Waals surface area contributed by atoms with E-state index in [4.69, 9.17) is 0 Å². The van der Waals surface area contributed by atoms with Gasteiger partial charge in [0.25, 0.3) is 11.5 Å². The van der Waals surface area contributed by atoms with Crippen molar-refractivity contribution in [3.05, 3.63) is 95.0 Å². The Balaban J connectivity index is 0.776. The Labute approximate surface area is 340 Å². The van der Waals surface area contributed by atoms with E-state index in [0.29, 0.717) is 86.9 Å². The van der Waals surface area contributed by atoms with Crippen LogP contribution in [0.1, 0.15) is 64.2 Å². The van der Waals surface area contributed by atoms with E-state index in [-0.39, 0.29) is 53.4 Å². The number of pyridine rings is 1. The number of nitrogens with one attached hydrogen (secondary N) is 4. The molecule has 14 nitrogen and oxygen atoms in total. The summed E-state index contributed by atoms with van der Waals surface area (Å²) in [6.07, 6.45) is 8.57. The number of amides is 3. The molecule has 1 saturated carbocycles. The van der Waals surface area contributed by atoms with Gasteiger partial charge in [-0.25, -0.2) is 18.7 Å². The molecule has 310 valence electrons. The van der Waals surface area contributed by atoms with Crippen LogP contribution in [0, 0.1) is 11.6 Å². The molecule has 4 aliphatic rings. The Morgan fingerprint density at radius 1 is 0.831 bits per heavy atom. The molecule has 2 aromatic carbocycles. The third kappa shape index (κ3) is 9.13. The topological polar surface area (TPSA) is 174 Å². The molecule has 1 aliphatic carbocycles. The first-order valence-electron chi connectivity index (χ1n) is 20.5. The van der Waals surface area contributed by atoms with Crippen LogP contribution in [0.15, 0.2) is 77.9 Å². The maximum atomic E-state index is 15.2. The Kier molecular flexibility index (Phi) is 11.7.